The molecule has 148 valence electrons. The van der Waals surface area contributed by atoms with Gasteiger partial charge in [-0.05, 0) is 24.3 Å². The van der Waals surface area contributed by atoms with Gasteiger partial charge in [0.15, 0.2) is 5.78 Å². The average Bonchev–Trinajstić information content (AvgIpc) is 3.28. The number of rotatable bonds is 7. The fourth-order valence-electron chi connectivity index (χ4n) is 2.88. The van der Waals surface area contributed by atoms with Crippen molar-refractivity contribution in [2.45, 2.75) is 12.8 Å². The number of nitrogens with zero attached hydrogens (tertiary/aromatic N) is 2. The van der Waals surface area contributed by atoms with E-state index >= 15 is 0 Å². The van der Waals surface area contributed by atoms with E-state index in [0.29, 0.717) is 28.6 Å². The first-order chi connectivity index (χ1) is 14.7. The molecule has 0 amide bonds. The van der Waals surface area contributed by atoms with Crippen LogP contribution in [-0.4, -0.2) is 21.9 Å². The maximum Gasteiger partial charge on any atom is 0.311 e. The van der Waals surface area contributed by atoms with Gasteiger partial charge in [-0.2, -0.15) is 4.98 Å². The van der Waals surface area contributed by atoms with Gasteiger partial charge in [-0.3, -0.25) is 9.59 Å². The smallest absolute Gasteiger partial charge is 0.311 e. The van der Waals surface area contributed by atoms with Crippen molar-refractivity contribution in [2.24, 2.45) is 0 Å². The molecule has 0 aliphatic rings. The van der Waals surface area contributed by atoms with Gasteiger partial charge in [0.05, 0.1) is 6.42 Å². The second kappa shape index (κ2) is 8.96. The molecule has 4 aromatic rings. The summed E-state index contributed by atoms with van der Waals surface area (Å²) in [5, 5.41) is 3.93. The van der Waals surface area contributed by atoms with Crippen molar-refractivity contribution in [2.75, 3.05) is 0 Å². The molecule has 6 heteroatoms. The highest BCUT2D eigenvalue weighted by Gasteiger charge is 2.13. The summed E-state index contributed by atoms with van der Waals surface area (Å²) in [6.45, 7) is 0. The number of ether oxygens (including phenoxy) is 1. The summed E-state index contributed by atoms with van der Waals surface area (Å²) in [5.74, 6) is 0.725. The molecular weight excluding hydrogens is 380 g/mol. The average molecular weight is 398 g/mol. The van der Waals surface area contributed by atoms with E-state index in [9.17, 15) is 9.59 Å². The van der Waals surface area contributed by atoms with Crippen LogP contribution in [0.3, 0.4) is 0 Å². The molecule has 0 radical (unpaired) electrons. The summed E-state index contributed by atoms with van der Waals surface area (Å²) in [6, 6.07) is 25.0. The monoisotopic (exact) mass is 398 g/mol. The molecule has 0 aliphatic carbocycles. The van der Waals surface area contributed by atoms with E-state index in [2.05, 4.69) is 10.1 Å². The van der Waals surface area contributed by atoms with Crippen LogP contribution in [0.4, 0.5) is 0 Å². The molecule has 4 rings (SSSR count). The number of carbonyl (C=O) groups is 2. The van der Waals surface area contributed by atoms with Crippen LogP contribution in [0.2, 0.25) is 0 Å². The van der Waals surface area contributed by atoms with Crippen molar-refractivity contribution in [1.82, 2.24) is 10.1 Å². The summed E-state index contributed by atoms with van der Waals surface area (Å²) in [7, 11) is 0. The molecule has 30 heavy (non-hydrogen) atoms. The molecule has 0 unspecified atom stereocenters. The molecule has 0 atom stereocenters. The maximum atomic E-state index is 12.4. The van der Waals surface area contributed by atoms with Gasteiger partial charge < -0.3 is 9.26 Å². The zero-order chi connectivity index (χ0) is 20.8. The van der Waals surface area contributed by atoms with Crippen LogP contribution in [0.5, 0.6) is 5.75 Å². The normalized spacial score (nSPS) is 10.5. The number of hydrogen-bond donors (Lipinski definition) is 0. The van der Waals surface area contributed by atoms with E-state index in [4.69, 9.17) is 9.26 Å². The number of hydrogen-bond acceptors (Lipinski definition) is 6. The highest BCUT2D eigenvalue weighted by molar-refractivity contribution is 6.09. The summed E-state index contributed by atoms with van der Waals surface area (Å²) >= 11 is 0. The Morgan fingerprint density at radius 2 is 1.43 bits per heavy atom. The first kappa shape index (κ1) is 19.3. The fraction of sp³-hybridized carbons (Fsp3) is 0.0833. The molecular formula is C24H18N2O4. The summed E-state index contributed by atoms with van der Waals surface area (Å²) in [4.78, 5) is 28.8. The van der Waals surface area contributed by atoms with Crippen molar-refractivity contribution in [3.8, 4) is 17.1 Å². The van der Waals surface area contributed by atoms with Gasteiger partial charge in [0, 0.05) is 23.1 Å². The Kier molecular flexibility index (Phi) is 5.75. The number of esters is 1. The molecule has 0 saturated heterocycles. The van der Waals surface area contributed by atoms with Crippen molar-refractivity contribution in [3.05, 3.63) is 102 Å². The van der Waals surface area contributed by atoms with Crippen molar-refractivity contribution >= 4 is 11.8 Å². The predicted octanol–water partition coefficient (Wildman–Crippen LogP) is 4.51. The summed E-state index contributed by atoms with van der Waals surface area (Å²) in [6.07, 6.45) is 0.379. The Balaban J connectivity index is 1.31. The highest BCUT2D eigenvalue weighted by Crippen LogP contribution is 2.18. The lowest BCUT2D eigenvalue weighted by molar-refractivity contribution is -0.134. The third-order valence-corrected chi connectivity index (χ3v) is 4.43. The van der Waals surface area contributed by atoms with E-state index in [1.807, 2.05) is 48.5 Å². The van der Waals surface area contributed by atoms with Gasteiger partial charge in [0.25, 0.3) is 0 Å². The largest absolute Gasteiger partial charge is 0.427 e. The minimum Gasteiger partial charge on any atom is -0.427 e. The fourth-order valence-corrected chi connectivity index (χ4v) is 2.88. The molecule has 1 aromatic heterocycles. The van der Waals surface area contributed by atoms with E-state index in [-0.39, 0.29) is 18.6 Å². The number of aryl methyl sites for hydroxylation is 1. The third-order valence-electron chi connectivity index (χ3n) is 4.43. The van der Waals surface area contributed by atoms with Crippen LogP contribution in [-0.2, 0) is 11.2 Å². The van der Waals surface area contributed by atoms with Crippen LogP contribution in [0.1, 0.15) is 28.2 Å². The molecule has 1 heterocycles. The van der Waals surface area contributed by atoms with Crippen LogP contribution < -0.4 is 4.74 Å². The Bertz CT molecular complexity index is 1140. The van der Waals surface area contributed by atoms with E-state index in [0.717, 1.165) is 5.56 Å². The van der Waals surface area contributed by atoms with E-state index in [1.165, 1.54) is 0 Å². The lowest BCUT2D eigenvalue weighted by Crippen LogP contribution is -2.09. The van der Waals surface area contributed by atoms with Gasteiger partial charge in [-0.15, -0.1) is 0 Å². The molecule has 0 fully saturated rings. The number of benzene rings is 3. The van der Waals surface area contributed by atoms with Crippen LogP contribution >= 0.6 is 0 Å². The van der Waals surface area contributed by atoms with Gasteiger partial charge in [0.2, 0.25) is 11.7 Å². The SMILES string of the molecule is O=C(CCc1nc(-c2ccccc2)no1)Oc1ccc(C(=O)c2ccccc2)cc1. The van der Waals surface area contributed by atoms with Crippen LogP contribution in [0.15, 0.2) is 89.5 Å². The topological polar surface area (TPSA) is 82.3 Å². The van der Waals surface area contributed by atoms with Gasteiger partial charge in [-0.1, -0.05) is 65.8 Å². The van der Waals surface area contributed by atoms with E-state index < -0.39 is 5.97 Å². The van der Waals surface area contributed by atoms with E-state index in [1.54, 1.807) is 36.4 Å². The Hall–Kier alpha value is -4.06. The first-order valence-electron chi connectivity index (χ1n) is 9.47. The zero-order valence-corrected chi connectivity index (χ0v) is 16.0. The lowest BCUT2D eigenvalue weighted by atomic mass is 10.0. The molecule has 0 bridgehead atoms. The molecule has 0 N–H and O–H groups in total. The van der Waals surface area contributed by atoms with Crippen LogP contribution in [0, 0.1) is 0 Å². The number of carbonyl (C=O) groups excluding carboxylic acids is 2. The highest BCUT2D eigenvalue weighted by atomic mass is 16.5. The Morgan fingerprint density at radius 3 is 2.13 bits per heavy atom. The number of ketones is 1. The Morgan fingerprint density at radius 1 is 0.800 bits per heavy atom. The second-order valence-corrected chi connectivity index (χ2v) is 6.57. The summed E-state index contributed by atoms with van der Waals surface area (Å²) in [5.41, 5.74) is 1.98. The minimum atomic E-state index is -0.420. The molecule has 3 aromatic carbocycles. The van der Waals surface area contributed by atoms with Gasteiger partial charge in [0.1, 0.15) is 5.75 Å². The number of aromatic nitrogens is 2. The Labute approximate surface area is 173 Å². The third kappa shape index (κ3) is 4.67. The van der Waals surface area contributed by atoms with Crippen LogP contribution in [0.25, 0.3) is 11.4 Å². The lowest BCUT2D eigenvalue weighted by Gasteiger charge is -2.05. The van der Waals surface area contributed by atoms with Crippen molar-refractivity contribution in [3.63, 3.8) is 0 Å². The molecule has 0 saturated carbocycles. The van der Waals surface area contributed by atoms with Crippen molar-refractivity contribution in [1.29, 1.82) is 0 Å². The minimum absolute atomic E-state index is 0.0842. The van der Waals surface area contributed by atoms with Gasteiger partial charge in [-0.25, -0.2) is 0 Å². The maximum absolute atomic E-state index is 12.4. The zero-order valence-electron chi connectivity index (χ0n) is 16.0. The quantitative estimate of drug-likeness (QED) is 0.259. The molecule has 0 spiro atoms. The molecule has 6 nitrogen and oxygen atoms in total. The van der Waals surface area contributed by atoms with Crippen molar-refractivity contribution < 1.29 is 18.8 Å². The summed E-state index contributed by atoms with van der Waals surface area (Å²) < 4.78 is 10.5. The standard InChI is InChI=1S/C24H18N2O4/c27-22(16-15-21-25-24(26-30-21)19-9-5-2-6-10-19)29-20-13-11-18(12-14-20)23(28)17-7-3-1-4-8-17/h1-14H,15-16H2. The first-order valence-corrected chi connectivity index (χ1v) is 9.47. The molecule has 0 aliphatic heterocycles. The predicted molar refractivity (Wildman–Crippen MR) is 110 cm³/mol. The van der Waals surface area contributed by atoms with Gasteiger partial charge >= 0.3 is 5.97 Å². The second-order valence-electron chi connectivity index (χ2n) is 6.57.